The van der Waals surface area contributed by atoms with Gasteiger partial charge in [0, 0.05) is 18.0 Å². The Morgan fingerprint density at radius 2 is 1.17 bits per heavy atom. The van der Waals surface area contributed by atoms with E-state index in [-0.39, 0.29) is 0 Å². The Hall–Kier alpha value is -4.47. The highest BCUT2D eigenvalue weighted by Gasteiger charge is 2.51. The number of hydrogen-bond acceptors (Lipinski definition) is 1. The molecule has 0 saturated carbocycles. The van der Waals surface area contributed by atoms with Gasteiger partial charge in [-0.3, -0.25) is 4.57 Å². The molecule has 6 aromatic rings. The topological polar surface area (TPSA) is 17.8 Å². The minimum Gasteiger partial charge on any atom is -0.300 e. The molecule has 0 spiro atoms. The van der Waals surface area contributed by atoms with Crippen LogP contribution in [0.4, 0.5) is 0 Å². The van der Waals surface area contributed by atoms with Crippen molar-refractivity contribution in [3.05, 3.63) is 145 Å². The third-order valence-corrected chi connectivity index (χ3v) is 13.8. The maximum Gasteiger partial charge on any atom is 0.183 e. The second-order valence-corrected chi connectivity index (χ2v) is 15.7. The van der Waals surface area contributed by atoms with Crippen LogP contribution in [0.5, 0.6) is 0 Å². The minimum atomic E-state index is -2.75. The lowest BCUT2D eigenvalue weighted by Gasteiger charge is -2.35. The van der Waals surface area contributed by atoms with Crippen LogP contribution in [0.2, 0.25) is 0 Å². The van der Waals surface area contributed by atoms with E-state index >= 15 is 0 Å². The van der Waals surface area contributed by atoms with Crippen molar-refractivity contribution in [2.45, 2.75) is 39.5 Å². The largest absolute Gasteiger partial charge is 0.300 e. The molecule has 1 aliphatic rings. The SMILES string of the molecule is CC(C)c1cc(C(C)C)c(-n2ccnc2-c2ccccc2)c2c1-c1ccccc1[Si]2(c1ccccc1)c1ccccc1. The van der Waals surface area contributed by atoms with Crippen molar-refractivity contribution in [1.29, 1.82) is 0 Å². The number of benzene rings is 5. The normalized spacial score (nSPS) is 13.4. The van der Waals surface area contributed by atoms with Crippen molar-refractivity contribution in [3.63, 3.8) is 0 Å². The van der Waals surface area contributed by atoms with Gasteiger partial charge in [-0.2, -0.15) is 0 Å². The minimum absolute atomic E-state index is 0.329. The van der Waals surface area contributed by atoms with Crippen LogP contribution in [0, 0.1) is 0 Å². The summed E-state index contributed by atoms with van der Waals surface area (Å²) in [4.78, 5) is 4.97. The van der Waals surface area contributed by atoms with Gasteiger partial charge in [-0.15, -0.1) is 0 Å². The van der Waals surface area contributed by atoms with E-state index in [0.29, 0.717) is 11.8 Å². The van der Waals surface area contributed by atoms with Gasteiger partial charge in [-0.1, -0.05) is 149 Å². The molecule has 0 bridgehead atoms. The summed E-state index contributed by atoms with van der Waals surface area (Å²) in [5.74, 6) is 1.69. The first-order chi connectivity index (χ1) is 20.5. The predicted molar refractivity (Wildman–Crippen MR) is 180 cm³/mol. The molecule has 5 aromatic carbocycles. The predicted octanol–water partition coefficient (Wildman–Crippen LogP) is 7.14. The smallest absolute Gasteiger partial charge is 0.183 e. The number of rotatable bonds is 6. The molecule has 42 heavy (non-hydrogen) atoms. The van der Waals surface area contributed by atoms with Crippen molar-refractivity contribution >= 4 is 28.8 Å². The van der Waals surface area contributed by atoms with Crippen LogP contribution in [0.25, 0.3) is 28.2 Å². The highest BCUT2D eigenvalue weighted by Crippen LogP contribution is 2.41. The number of imidazole rings is 1. The first-order valence-electron chi connectivity index (χ1n) is 15.0. The molecule has 206 valence electrons. The number of aromatic nitrogens is 2. The Balaban J connectivity index is 1.74. The molecule has 0 unspecified atom stereocenters. The van der Waals surface area contributed by atoms with Crippen LogP contribution in [0.1, 0.15) is 50.7 Å². The van der Waals surface area contributed by atoms with E-state index in [1.165, 1.54) is 48.7 Å². The van der Waals surface area contributed by atoms with E-state index in [0.717, 1.165) is 11.4 Å². The van der Waals surface area contributed by atoms with Gasteiger partial charge in [0.05, 0.1) is 5.69 Å². The van der Waals surface area contributed by atoms with Gasteiger partial charge in [0.15, 0.2) is 8.07 Å². The van der Waals surface area contributed by atoms with Gasteiger partial charge in [0.25, 0.3) is 0 Å². The van der Waals surface area contributed by atoms with Gasteiger partial charge in [-0.25, -0.2) is 4.98 Å². The summed E-state index contributed by atoms with van der Waals surface area (Å²) in [5, 5.41) is 5.80. The van der Waals surface area contributed by atoms with Gasteiger partial charge < -0.3 is 0 Å². The molecular formula is C39H36N2Si. The van der Waals surface area contributed by atoms with Gasteiger partial charge in [0.2, 0.25) is 0 Å². The van der Waals surface area contributed by atoms with Crippen molar-refractivity contribution < 1.29 is 0 Å². The van der Waals surface area contributed by atoms with E-state index < -0.39 is 8.07 Å². The van der Waals surface area contributed by atoms with Crippen LogP contribution in [-0.4, -0.2) is 17.6 Å². The lowest BCUT2D eigenvalue weighted by atomic mass is 9.87. The lowest BCUT2D eigenvalue weighted by molar-refractivity contribution is 0.826. The zero-order valence-electron chi connectivity index (χ0n) is 24.8. The zero-order chi connectivity index (χ0) is 28.8. The Morgan fingerprint density at radius 1 is 0.619 bits per heavy atom. The highest BCUT2D eigenvalue weighted by atomic mass is 28.3. The van der Waals surface area contributed by atoms with Crippen molar-refractivity contribution in [2.24, 2.45) is 0 Å². The van der Waals surface area contributed by atoms with E-state index in [2.05, 4.69) is 160 Å². The third-order valence-electron chi connectivity index (χ3n) is 8.91. The number of nitrogens with zero attached hydrogens (tertiary/aromatic N) is 2. The summed E-state index contributed by atoms with van der Waals surface area (Å²) >= 11 is 0. The maximum atomic E-state index is 4.97. The third kappa shape index (κ3) is 3.88. The number of fused-ring (bicyclic) bond motifs is 3. The Kier molecular flexibility index (Phi) is 6.55. The fourth-order valence-electron chi connectivity index (χ4n) is 7.12. The fourth-order valence-corrected chi connectivity index (χ4v) is 12.5. The zero-order valence-corrected chi connectivity index (χ0v) is 25.8. The molecule has 0 N–H and O–H groups in total. The molecule has 7 rings (SSSR count). The van der Waals surface area contributed by atoms with E-state index in [4.69, 9.17) is 4.98 Å². The molecule has 1 aliphatic heterocycles. The fraction of sp³-hybridized carbons (Fsp3) is 0.154. The summed E-state index contributed by atoms with van der Waals surface area (Å²) in [7, 11) is -2.75. The average molecular weight is 561 g/mol. The Bertz CT molecular complexity index is 1830. The van der Waals surface area contributed by atoms with E-state index in [1.807, 2.05) is 6.20 Å². The quantitative estimate of drug-likeness (QED) is 0.198. The van der Waals surface area contributed by atoms with Gasteiger partial charge in [-0.05, 0) is 54.8 Å². The maximum absolute atomic E-state index is 4.97. The van der Waals surface area contributed by atoms with Crippen LogP contribution in [0.15, 0.2) is 134 Å². The Morgan fingerprint density at radius 3 is 1.76 bits per heavy atom. The molecule has 0 atom stereocenters. The van der Waals surface area contributed by atoms with Gasteiger partial charge >= 0.3 is 0 Å². The first-order valence-corrected chi connectivity index (χ1v) is 17.0. The summed E-state index contributed by atoms with van der Waals surface area (Å²) in [6.45, 7) is 9.37. The molecule has 1 aromatic heterocycles. The molecule has 2 heterocycles. The van der Waals surface area contributed by atoms with Crippen LogP contribution in [-0.2, 0) is 0 Å². The monoisotopic (exact) mass is 560 g/mol. The molecule has 2 nitrogen and oxygen atoms in total. The standard InChI is InChI=1S/C39H36N2Si/c1-27(2)33-26-34(28(3)4)37(41-25-24-40-39(41)29-16-8-5-9-17-29)38-36(33)32-22-14-15-23-35(32)42(38,30-18-10-6-11-19-30)31-20-12-7-13-21-31/h5-28H,1-4H3. The molecule has 0 fully saturated rings. The van der Waals surface area contributed by atoms with Crippen molar-refractivity contribution in [1.82, 2.24) is 9.55 Å². The molecule has 0 aliphatic carbocycles. The summed E-state index contributed by atoms with van der Waals surface area (Å²) in [6.07, 6.45) is 4.14. The van der Waals surface area contributed by atoms with E-state index in [9.17, 15) is 0 Å². The number of hydrogen-bond donors (Lipinski definition) is 0. The first kappa shape index (κ1) is 26.4. The average Bonchev–Trinajstić information content (AvgIpc) is 3.64. The summed E-state index contributed by atoms with van der Waals surface area (Å²) in [5.41, 5.74) is 8.05. The summed E-state index contributed by atoms with van der Waals surface area (Å²) < 4.78 is 2.40. The summed E-state index contributed by atoms with van der Waals surface area (Å²) in [6, 6.07) is 45.0. The Labute approximate surface area is 250 Å². The van der Waals surface area contributed by atoms with Crippen LogP contribution < -0.4 is 20.7 Å². The lowest BCUT2D eigenvalue weighted by Crippen LogP contribution is -2.73. The molecule has 0 amide bonds. The highest BCUT2D eigenvalue weighted by molar-refractivity contribution is 7.22. The molecule has 0 radical (unpaired) electrons. The second kappa shape index (κ2) is 10.4. The van der Waals surface area contributed by atoms with E-state index in [1.54, 1.807) is 0 Å². The second-order valence-electron chi connectivity index (χ2n) is 12.0. The van der Waals surface area contributed by atoms with Gasteiger partial charge in [0.1, 0.15) is 5.82 Å². The molecule has 0 saturated heterocycles. The van der Waals surface area contributed by atoms with Crippen molar-refractivity contribution in [3.8, 4) is 28.2 Å². The van der Waals surface area contributed by atoms with Crippen LogP contribution in [0.3, 0.4) is 0 Å². The molecular weight excluding hydrogens is 525 g/mol. The van der Waals surface area contributed by atoms with Crippen molar-refractivity contribution in [2.75, 3.05) is 0 Å². The molecule has 3 heteroatoms. The van der Waals surface area contributed by atoms with Crippen LogP contribution >= 0.6 is 0 Å².